The molecule has 0 bridgehead atoms. The topological polar surface area (TPSA) is 59.0 Å². The normalized spacial score (nSPS) is 38.4. The molecular formula is C11H19NO4. The highest BCUT2D eigenvalue weighted by Gasteiger charge is 2.49. The fourth-order valence-electron chi connectivity index (χ4n) is 2.43. The lowest BCUT2D eigenvalue weighted by Crippen LogP contribution is -2.55. The first-order chi connectivity index (χ1) is 7.65. The van der Waals surface area contributed by atoms with Crippen LogP contribution < -0.4 is 0 Å². The summed E-state index contributed by atoms with van der Waals surface area (Å²) < 4.78 is 10.7. The van der Waals surface area contributed by atoms with Gasteiger partial charge in [0.1, 0.15) is 18.2 Å². The predicted molar refractivity (Wildman–Crippen MR) is 57.1 cm³/mol. The fraction of sp³-hybridized carbons (Fsp3) is 0.909. The highest BCUT2D eigenvalue weighted by atomic mass is 16.6. The first-order valence-corrected chi connectivity index (χ1v) is 5.88. The molecule has 5 nitrogen and oxygen atoms in total. The number of unbranched alkanes of at least 4 members (excludes halogenated alkanes) is 1. The van der Waals surface area contributed by atoms with Crippen LogP contribution in [0.2, 0.25) is 0 Å². The summed E-state index contributed by atoms with van der Waals surface area (Å²) in [6.07, 6.45) is 1.45. The number of likely N-dealkylation sites (N-methyl/N-ethyl adjacent to an activating group) is 1. The molecule has 0 radical (unpaired) electrons. The highest BCUT2D eigenvalue weighted by molar-refractivity contribution is 5.70. The first kappa shape index (κ1) is 11.7. The quantitative estimate of drug-likeness (QED) is 0.776. The number of nitrogens with zero attached hydrogens (tertiary/aromatic N) is 1. The lowest BCUT2D eigenvalue weighted by Gasteiger charge is -2.37. The number of aliphatic hydroxyl groups is 1. The first-order valence-electron chi connectivity index (χ1n) is 5.88. The maximum Gasteiger partial charge on any atom is 0.410 e. The van der Waals surface area contributed by atoms with Gasteiger partial charge >= 0.3 is 6.09 Å². The Labute approximate surface area is 95.3 Å². The maximum absolute atomic E-state index is 11.3. The Hall–Kier alpha value is -0.810. The number of hydrogen-bond donors (Lipinski definition) is 1. The van der Waals surface area contributed by atoms with E-state index in [1.165, 1.54) is 4.90 Å². The predicted octanol–water partition coefficient (Wildman–Crippen LogP) is 0.756. The van der Waals surface area contributed by atoms with Crippen molar-refractivity contribution in [1.29, 1.82) is 0 Å². The van der Waals surface area contributed by atoms with Gasteiger partial charge < -0.3 is 19.5 Å². The van der Waals surface area contributed by atoms with Crippen LogP contribution in [0.4, 0.5) is 4.79 Å². The second-order valence-electron chi connectivity index (χ2n) is 4.53. The molecule has 2 fully saturated rings. The lowest BCUT2D eigenvalue weighted by atomic mass is 9.94. The van der Waals surface area contributed by atoms with Gasteiger partial charge in [-0.1, -0.05) is 19.8 Å². The van der Waals surface area contributed by atoms with Gasteiger partial charge in [-0.25, -0.2) is 4.79 Å². The molecule has 2 aliphatic rings. The number of fused-ring (bicyclic) bond motifs is 1. The third-order valence-electron chi connectivity index (χ3n) is 3.42. The van der Waals surface area contributed by atoms with Gasteiger partial charge in [-0.2, -0.15) is 0 Å². The van der Waals surface area contributed by atoms with Gasteiger partial charge in [-0.3, -0.25) is 0 Å². The number of carbonyl (C=O) groups excluding carboxylic acids is 1. The van der Waals surface area contributed by atoms with Crippen molar-refractivity contribution in [2.45, 2.75) is 50.5 Å². The van der Waals surface area contributed by atoms with Gasteiger partial charge in [0.05, 0.1) is 12.7 Å². The van der Waals surface area contributed by atoms with Crippen LogP contribution in [-0.2, 0) is 9.47 Å². The van der Waals surface area contributed by atoms with E-state index in [0.29, 0.717) is 6.61 Å². The van der Waals surface area contributed by atoms with Crippen molar-refractivity contribution >= 4 is 6.09 Å². The Morgan fingerprint density at radius 3 is 3.00 bits per heavy atom. The van der Waals surface area contributed by atoms with Crippen molar-refractivity contribution < 1.29 is 19.4 Å². The molecule has 1 N–H and O–H groups in total. The van der Waals surface area contributed by atoms with Crippen molar-refractivity contribution in [1.82, 2.24) is 4.90 Å². The average Bonchev–Trinajstić information content (AvgIpc) is 2.55. The summed E-state index contributed by atoms with van der Waals surface area (Å²) in [5, 5.41) is 10.2. The summed E-state index contributed by atoms with van der Waals surface area (Å²) in [7, 11) is 1.67. The number of amides is 1. The minimum atomic E-state index is -0.637. The van der Waals surface area contributed by atoms with Gasteiger partial charge in [0, 0.05) is 7.05 Å². The van der Waals surface area contributed by atoms with E-state index in [2.05, 4.69) is 6.92 Å². The largest absolute Gasteiger partial charge is 0.441 e. The molecule has 5 heteroatoms. The molecule has 92 valence electrons. The zero-order chi connectivity index (χ0) is 11.7. The van der Waals surface area contributed by atoms with Crippen LogP contribution in [0.5, 0.6) is 0 Å². The molecule has 0 spiro atoms. The Bertz CT molecular complexity index is 271. The standard InChI is InChI=1S/C11H19NO4/c1-3-4-5-7-10(13)9-8(6-15-7)16-11(14)12(9)2/h7-10,13H,3-6H2,1-2H3/t7-,8-,9-,10+/m0/s1. The van der Waals surface area contributed by atoms with Gasteiger partial charge in [0.2, 0.25) is 0 Å². The van der Waals surface area contributed by atoms with Crippen molar-refractivity contribution in [3.8, 4) is 0 Å². The highest BCUT2D eigenvalue weighted by Crippen LogP contribution is 2.29. The number of aliphatic hydroxyl groups excluding tert-OH is 1. The van der Waals surface area contributed by atoms with Gasteiger partial charge in [0.25, 0.3) is 0 Å². The summed E-state index contributed by atoms with van der Waals surface area (Å²) in [6, 6.07) is -0.247. The van der Waals surface area contributed by atoms with Crippen molar-refractivity contribution in [2.24, 2.45) is 0 Å². The molecule has 2 aliphatic heterocycles. The maximum atomic E-state index is 11.3. The van der Waals surface area contributed by atoms with Crippen molar-refractivity contribution in [2.75, 3.05) is 13.7 Å². The summed E-state index contributed by atoms with van der Waals surface area (Å²) in [5.74, 6) is 0. The summed E-state index contributed by atoms with van der Waals surface area (Å²) in [6.45, 7) is 2.50. The summed E-state index contributed by atoms with van der Waals surface area (Å²) >= 11 is 0. The van der Waals surface area contributed by atoms with Gasteiger partial charge in [0.15, 0.2) is 0 Å². The molecule has 2 saturated heterocycles. The number of rotatable bonds is 3. The van der Waals surface area contributed by atoms with E-state index in [9.17, 15) is 9.90 Å². The fourth-order valence-corrected chi connectivity index (χ4v) is 2.43. The van der Waals surface area contributed by atoms with E-state index in [0.717, 1.165) is 19.3 Å². The Balaban J connectivity index is 2.01. The van der Waals surface area contributed by atoms with E-state index in [4.69, 9.17) is 9.47 Å². The number of carbonyl (C=O) groups is 1. The molecule has 0 aliphatic carbocycles. The molecule has 0 saturated carbocycles. The van der Waals surface area contributed by atoms with Crippen LogP contribution in [0.25, 0.3) is 0 Å². The Morgan fingerprint density at radius 2 is 2.31 bits per heavy atom. The molecule has 16 heavy (non-hydrogen) atoms. The molecule has 0 aromatic carbocycles. The SMILES string of the molecule is CCCC[C@@H]1OC[C@@H]2OC(=O)N(C)[C@@H]2[C@@H]1O. The lowest BCUT2D eigenvalue weighted by molar-refractivity contribution is -0.134. The minimum Gasteiger partial charge on any atom is -0.441 e. The Morgan fingerprint density at radius 1 is 1.56 bits per heavy atom. The third-order valence-corrected chi connectivity index (χ3v) is 3.42. The minimum absolute atomic E-state index is 0.168. The monoisotopic (exact) mass is 229 g/mol. The van der Waals surface area contributed by atoms with Crippen LogP contribution in [0.3, 0.4) is 0 Å². The summed E-state index contributed by atoms with van der Waals surface area (Å²) in [4.78, 5) is 12.8. The van der Waals surface area contributed by atoms with Crippen LogP contribution in [-0.4, -0.2) is 54.1 Å². The van der Waals surface area contributed by atoms with Crippen molar-refractivity contribution in [3.05, 3.63) is 0 Å². The van der Waals surface area contributed by atoms with Crippen LogP contribution in [0.15, 0.2) is 0 Å². The van der Waals surface area contributed by atoms with Gasteiger partial charge in [-0.05, 0) is 6.42 Å². The van der Waals surface area contributed by atoms with E-state index in [1.54, 1.807) is 7.05 Å². The van der Waals surface area contributed by atoms with E-state index < -0.39 is 6.10 Å². The molecular weight excluding hydrogens is 210 g/mol. The second kappa shape index (κ2) is 4.59. The number of ether oxygens (including phenoxy) is 2. The molecule has 0 aromatic rings. The van der Waals surface area contributed by atoms with E-state index >= 15 is 0 Å². The molecule has 4 atom stereocenters. The smallest absolute Gasteiger partial charge is 0.410 e. The second-order valence-corrected chi connectivity index (χ2v) is 4.53. The van der Waals surface area contributed by atoms with Crippen LogP contribution in [0.1, 0.15) is 26.2 Å². The summed E-state index contributed by atoms with van der Waals surface area (Å²) in [5.41, 5.74) is 0. The zero-order valence-electron chi connectivity index (χ0n) is 9.76. The number of hydrogen-bond acceptors (Lipinski definition) is 4. The van der Waals surface area contributed by atoms with Crippen LogP contribution in [0, 0.1) is 0 Å². The van der Waals surface area contributed by atoms with E-state index in [-0.39, 0.29) is 24.3 Å². The van der Waals surface area contributed by atoms with Crippen molar-refractivity contribution in [3.63, 3.8) is 0 Å². The van der Waals surface area contributed by atoms with Gasteiger partial charge in [-0.15, -0.1) is 0 Å². The van der Waals surface area contributed by atoms with E-state index in [1.807, 2.05) is 0 Å². The molecule has 0 unspecified atom stereocenters. The van der Waals surface area contributed by atoms with Crippen LogP contribution >= 0.6 is 0 Å². The molecule has 2 heterocycles. The average molecular weight is 229 g/mol. The molecule has 1 amide bonds. The third kappa shape index (κ3) is 1.89. The zero-order valence-corrected chi connectivity index (χ0v) is 9.76. The molecule has 2 rings (SSSR count). The Kier molecular flexibility index (Phi) is 3.35. The molecule has 0 aromatic heterocycles.